The molecule has 11 heteroatoms. The highest BCUT2D eigenvalue weighted by molar-refractivity contribution is 6.30. The van der Waals surface area contributed by atoms with Crippen LogP contribution in [0.1, 0.15) is 16.8 Å². The van der Waals surface area contributed by atoms with Crippen LogP contribution < -0.4 is 15.4 Å². The first-order valence-corrected chi connectivity index (χ1v) is 15.2. The Bertz CT molecular complexity index is 2570. The topological polar surface area (TPSA) is 136 Å². The van der Waals surface area contributed by atoms with Gasteiger partial charge in [0.1, 0.15) is 22.8 Å². The molecular weight excluding hydrogens is 612 g/mol. The Morgan fingerprint density at radius 3 is 2.40 bits per heavy atom. The zero-order valence-electron chi connectivity index (χ0n) is 24.4. The first-order valence-electron chi connectivity index (χ1n) is 14.8. The summed E-state index contributed by atoms with van der Waals surface area (Å²) in [7, 11) is 0. The van der Waals surface area contributed by atoms with Gasteiger partial charge < -0.3 is 15.4 Å². The molecule has 0 bridgehead atoms. The molecule has 0 radical (unpaired) electrons. The molecule has 47 heavy (non-hydrogen) atoms. The minimum Gasteiger partial charge on any atom is -0.439 e. The molecule has 0 aliphatic carbocycles. The van der Waals surface area contributed by atoms with E-state index >= 15 is 4.79 Å². The van der Waals surface area contributed by atoms with Gasteiger partial charge in [-0.15, -0.1) is 5.10 Å². The van der Waals surface area contributed by atoms with Gasteiger partial charge >= 0.3 is 0 Å². The molecule has 2 aliphatic heterocycles. The maximum Gasteiger partial charge on any atom is 0.248 e. The molecule has 1 spiro atoms. The van der Waals surface area contributed by atoms with Crippen molar-refractivity contribution in [3.8, 4) is 17.5 Å². The van der Waals surface area contributed by atoms with Crippen LogP contribution in [-0.2, 0) is 16.8 Å². The van der Waals surface area contributed by atoms with Crippen LogP contribution in [0.4, 0.5) is 5.69 Å². The van der Waals surface area contributed by atoms with Crippen molar-refractivity contribution in [2.75, 3.05) is 4.90 Å². The summed E-state index contributed by atoms with van der Waals surface area (Å²) in [5.41, 5.74) is 10.2. The lowest BCUT2D eigenvalue weighted by molar-refractivity contribution is -0.121. The number of rotatable bonds is 3. The van der Waals surface area contributed by atoms with Crippen molar-refractivity contribution < 1.29 is 9.53 Å². The Balaban J connectivity index is 1.36. The van der Waals surface area contributed by atoms with Crippen LogP contribution in [-0.4, -0.2) is 30.9 Å². The Kier molecular flexibility index (Phi) is 5.66. The fraction of sp³-hybridized carbons (Fsp3) is 0.0556. The monoisotopic (exact) mass is 632 g/mol. The molecule has 4 heterocycles. The fourth-order valence-corrected chi connectivity index (χ4v) is 7.18. The Hall–Kier alpha value is -6.31. The highest BCUT2D eigenvalue weighted by Gasteiger charge is 2.60. The lowest BCUT2D eigenvalue weighted by Crippen LogP contribution is -2.46. The predicted molar refractivity (Wildman–Crippen MR) is 177 cm³/mol. The second kappa shape index (κ2) is 9.84. The first-order chi connectivity index (χ1) is 23.0. The molecule has 224 valence electrons. The highest BCUT2D eigenvalue weighted by Crippen LogP contribution is 2.58. The van der Waals surface area contributed by atoms with E-state index in [0.29, 0.717) is 66.4 Å². The maximum atomic E-state index is 15.4. The molecule has 9 rings (SSSR count). The van der Waals surface area contributed by atoms with E-state index in [2.05, 4.69) is 16.4 Å². The van der Waals surface area contributed by atoms with Crippen molar-refractivity contribution in [3.05, 3.63) is 137 Å². The van der Waals surface area contributed by atoms with E-state index < -0.39 is 5.41 Å². The number of para-hydroxylation sites is 3. The molecule has 0 saturated carbocycles. The number of nitriles is 1. The summed E-state index contributed by atoms with van der Waals surface area (Å²) in [6, 6.07) is 32.1. The molecule has 0 fully saturated rings. The van der Waals surface area contributed by atoms with Crippen LogP contribution in [0.3, 0.4) is 0 Å². The number of benzene rings is 5. The van der Waals surface area contributed by atoms with Gasteiger partial charge in [0.05, 0.1) is 46.2 Å². The minimum atomic E-state index is -1.68. The Labute approximate surface area is 271 Å². The summed E-state index contributed by atoms with van der Waals surface area (Å²) in [4.78, 5) is 27.2. The van der Waals surface area contributed by atoms with Crippen LogP contribution in [0.5, 0.6) is 5.75 Å². The normalized spacial score (nSPS) is 16.9. The fourth-order valence-electron chi connectivity index (χ4n) is 7.00. The molecule has 2 aliphatic rings. The minimum absolute atomic E-state index is 0.0158. The number of ether oxygens (including phenoxy) is 1. The summed E-state index contributed by atoms with van der Waals surface area (Å²) in [5, 5.41) is 21.2. The molecule has 2 N–H and O–H groups in total. The Morgan fingerprint density at radius 2 is 1.62 bits per heavy atom. The largest absolute Gasteiger partial charge is 0.439 e. The molecule has 1 atom stereocenters. The quantitative estimate of drug-likeness (QED) is 0.183. The van der Waals surface area contributed by atoms with Crippen LogP contribution >= 0.6 is 11.6 Å². The van der Waals surface area contributed by atoms with Gasteiger partial charge in [-0.25, -0.2) is 14.6 Å². The van der Waals surface area contributed by atoms with E-state index in [-0.39, 0.29) is 23.9 Å². The zero-order valence-corrected chi connectivity index (χ0v) is 25.2. The standard InChI is InChI=1S/C36H21ClN8O2/c37-20-8-7-9-21(16-20)45-22(18-40-43-45)19-44-29-15-6-3-12-25(29)36(35(44)46)26(17-38)34(39)47-33-24-11-2-1-10-23(24)31-32(30(33)36)42-28-14-5-4-13-27(28)41-31/h1-16,18H,19,39H2. The number of hydrogen-bond acceptors (Lipinski definition) is 8. The van der Waals surface area contributed by atoms with E-state index in [9.17, 15) is 5.26 Å². The zero-order chi connectivity index (χ0) is 31.9. The average molecular weight is 633 g/mol. The average Bonchev–Trinajstić information content (AvgIpc) is 3.66. The van der Waals surface area contributed by atoms with Crippen LogP contribution in [0, 0.1) is 11.3 Å². The van der Waals surface area contributed by atoms with Gasteiger partial charge in [0, 0.05) is 32.6 Å². The summed E-state index contributed by atoms with van der Waals surface area (Å²) in [6.45, 7) is 0.0893. The third-order valence-corrected chi connectivity index (χ3v) is 9.17. The SMILES string of the molecule is N#CC1=C(N)Oc2c(c3nc4ccccc4nc3c3ccccc23)C12C(=O)N(Cc1cnnn1-c1cccc(Cl)c1)c1ccccc12. The van der Waals surface area contributed by atoms with E-state index in [1.807, 2.05) is 84.9 Å². The van der Waals surface area contributed by atoms with E-state index in [1.165, 1.54) is 0 Å². The lowest BCUT2D eigenvalue weighted by atomic mass is 9.67. The number of amides is 1. The van der Waals surface area contributed by atoms with Gasteiger partial charge in [-0.1, -0.05) is 77.5 Å². The first kappa shape index (κ1) is 27.0. The van der Waals surface area contributed by atoms with Gasteiger partial charge in [0.2, 0.25) is 11.8 Å². The second-order valence-electron chi connectivity index (χ2n) is 11.4. The summed E-state index contributed by atoms with van der Waals surface area (Å²) >= 11 is 6.29. The molecule has 2 aromatic heterocycles. The predicted octanol–water partition coefficient (Wildman–Crippen LogP) is 6.09. The number of carbonyl (C=O) groups is 1. The molecule has 10 nitrogen and oxygen atoms in total. The van der Waals surface area contributed by atoms with Gasteiger partial charge in [-0.05, 0) is 36.4 Å². The molecule has 1 unspecified atom stereocenters. The van der Waals surface area contributed by atoms with Crippen molar-refractivity contribution >= 4 is 56.0 Å². The van der Waals surface area contributed by atoms with Crippen molar-refractivity contribution in [2.24, 2.45) is 5.73 Å². The van der Waals surface area contributed by atoms with Gasteiger partial charge in [0.15, 0.2) is 0 Å². The van der Waals surface area contributed by atoms with Crippen molar-refractivity contribution in [1.29, 1.82) is 5.26 Å². The van der Waals surface area contributed by atoms with Crippen molar-refractivity contribution in [3.63, 3.8) is 0 Å². The lowest BCUT2D eigenvalue weighted by Gasteiger charge is -2.35. The summed E-state index contributed by atoms with van der Waals surface area (Å²) < 4.78 is 7.95. The molecule has 5 aromatic carbocycles. The van der Waals surface area contributed by atoms with Gasteiger partial charge in [-0.3, -0.25) is 4.79 Å². The Morgan fingerprint density at radius 1 is 0.894 bits per heavy atom. The van der Waals surface area contributed by atoms with Crippen LogP contribution in [0.25, 0.3) is 38.5 Å². The van der Waals surface area contributed by atoms with Crippen LogP contribution in [0.15, 0.2) is 115 Å². The van der Waals surface area contributed by atoms with E-state index in [4.69, 9.17) is 32.0 Å². The summed E-state index contributed by atoms with van der Waals surface area (Å²) in [6.07, 6.45) is 1.61. The molecular formula is C36H21ClN8O2. The van der Waals surface area contributed by atoms with Crippen molar-refractivity contribution in [1.82, 2.24) is 25.0 Å². The molecule has 0 saturated heterocycles. The number of halogens is 1. The smallest absolute Gasteiger partial charge is 0.248 e. The number of nitrogens with zero attached hydrogens (tertiary/aromatic N) is 7. The van der Waals surface area contributed by atoms with Crippen LogP contribution in [0.2, 0.25) is 5.02 Å². The third-order valence-electron chi connectivity index (χ3n) is 8.94. The number of carbonyl (C=O) groups excluding carboxylic acids is 1. The van der Waals surface area contributed by atoms with E-state index in [0.717, 1.165) is 5.39 Å². The van der Waals surface area contributed by atoms with Gasteiger partial charge in [0.25, 0.3) is 0 Å². The number of aromatic nitrogens is 5. The van der Waals surface area contributed by atoms with Crippen molar-refractivity contribution in [2.45, 2.75) is 12.0 Å². The van der Waals surface area contributed by atoms with Gasteiger partial charge in [-0.2, -0.15) is 5.26 Å². The maximum absolute atomic E-state index is 15.4. The molecule has 1 amide bonds. The van der Waals surface area contributed by atoms with E-state index in [1.54, 1.807) is 27.9 Å². The summed E-state index contributed by atoms with van der Waals surface area (Å²) in [5.74, 6) is -0.160. The third kappa shape index (κ3) is 3.63. The highest BCUT2D eigenvalue weighted by atomic mass is 35.5. The molecule has 7 aromatic rings. The number of nitrogens with two attached hydrogens (primary N) is 1. The number of hydrogen-bond donors (Lipinski definition) is 1. The number of fused-ring (bicyclic) bond motifs is 10. The number of anilines is 1. The second-order valence-corrected chi connectivity index (χ2v) is 11.8.